The molecule has 21 heteroatoms. The highest BCUT2D eigenvalue weighted by Crippen LogP contribution is 2.45. The number of piperazine rings is 2. The summed E-state index contributed by atoms with van der Waals surface area (Å²) in [6, 6.07) is 0.526. The lowest BCUT2D eigenvalue weighted by Crippen LogP contribution is -2.66. The van der Waals surface area contributed by atoms with Crippen molar-refractivity contribution in [3.8, 4) is 0 Å². The second kappa shape index (κ2) is 18.0. The summed E-state index contributed by atoms with van der Waals surface area (Å²) in [6.07, 6.45) is 11.8. The van der Waals surface area contributed by atoms with E-state index in [2.05, 4.69) is 107 Å². The van der Waals surface area contributed by atoms with Gasteiger partial charge < -0.3 is 30.7 Å². The number of fused-ring (bicyclic) bond motifs is 2. The van der Waals surface area contributed by atoms with E-state index in [1.807, 2.05) is 23.6 Å². The summed E-state index contributed by atoms with van der Waals surface area (Å²) in [5.74, 6) is 0.892. The number of hydrogen-bond acceptors (Lipinski definition) is 12. The van der Waals surface area contributed by atoms with Crippen LogP contribution in [0.2, 0.25) is 5.15 Å². The van der Waals surface area contributed by atoms with E-state index in [9.17, 15) is 18.4 Å². The molecule has 5 N–H and O–H groups in total. The quantitative estimate of drug-likeness (QED) is 0.148. The number of H-pyrrole nitrogens is 2. The Balaban J connectivity index is 0.000000157. The summed E-state index contributed by atoms with van der Waals surface area (Å²) < 4.78 is 26.5. The van der Waals surface area contributed by atoms with Gasteiger partial charge >= 0.3 is 12.1 Å². The summed E-state index contributed by atoms with van der Waals surface area (Å²) in [4.78, 5) is 55.6. The first kappa shape index (κ1) is 48.3. The van der Waals surface area contributed by atoms with Crippen LogP contribution in [0, 0.1) is 25.5 Å². The van der Waals surface area contributed by atoms with E-state index >= 15 is 0 Å². The van der Waals surface area contributed by atoms with Crippen molar-refractivity contribution in [2.45, 2.75) is 154 Å². The molecule has 4 amide bonds. The van der Waals surface area contributed by atoms with Gasteiger partial charge in [-0.25, -0.2) is 38.3 Å². The van der Waals surface area contributed by atoms with Crippen LogP contribution in [0.25, 0.3) is 0 Å². The Hall–Kier alpha value is -5.21. The number of nitrogens with one attached hydrogen (secondary N) is 3. The molecule has 2 spiro atoms. The average molecular weight is 950 g/mol. The summed E-state index contributed by atoms with van der Waals surface area (Å²) in [7, 11) is 4.42. The number of carbonyl (C=O) groups excluding carboxylic acids is 2. The largest absolute Gasteiger partial charge is 0.382 e. The number of anilines is 3. The van der Waals surface area contributed by atoms with Gasteiger partial charge in [-0.1, -0.05) is 37.3 Å². The fraction of sp³-hybridized carbons (Fsp3) is 0.652. The van der Waals surface area contributed by atoms with Crippen LogP contribution in [-0.2, 0) is 24.2 Å². The molecule has 4 fully saturated rings. The Kier molecular flexibility index (Phi) is 13.0. The highest BCUT2D eigenvalue weighted by Gasteiger charge is 2.52. The van der Waals surface area contributed by atoms with Crippen molar-refractivity contribution in [3.05, 3.63) is 63.3 Å². The molecule has 0 bridgehead atoms. The maximum Gasteiger partial charge on any atom is 0.321 e. The molecule has 6 aliphatic rings. The van der Waals surface area contributed by atoms with Gasteiger partial charge in [0, 0.05) is 60.5 Å². The molecular weight excluding hydrogens is 882 g/mol. The Bertz CT molecular complexity index is 2480. The minimum atomic E-state index is -0.581. The van der Waals surface area contributed by atoms with Crippen LogP contribution < -0.4 is 11.1 Å². The second-order valence-corrected chi connectivity index (χ2v) is 21.0. The van der Waals surface area contributed by atoms with E-state index in [1.165, 1.54) is 38.5 Å². The Morgan fingerprint density at radius 1 is 0.716 bits per heavy atom. The molecule has 0 aromatic carbocycles. The van der Waals surface area contributed by atoms with Crippen molar-refractivity contribution in [1.82, 2.24) is 69.7 Å². The van der Waals surface area contributed by atoms with Crippen LogP contribution in [0.4, 0.5) is 35.8 Å². The van der Waals surface area contributed by atoms with Crippen LogP contribution >= 0.6 is 11.6 Å². The second-order valence-electron chi connectivity index (χ2n) is 20.6. The topological polar surface area (TPSA) is 201 Å². The third-order valence-electron chi connectivity index (χ3n) is 15.6. The summed E-state index contributed by atoms with van der Waals surface area (Å²) in [5.41, 5.74) is 8.94. The summed E-state index contributed by atoms with van der Waals surface area (Å²) in [6.45, 7) is 20.2. The fourth-order valence-corrected chi connectivity index (χ4v) is 11.6. The lowest BCUT2D eigenvalue weighted by Gasteiger charge is -2.52. The number of urea groups is 2. The minimum Gasteiger partial charge on any atom is -0.382 e. The van der Waals surface area contributed by atoms with Crippen molar-refractivity contribution in [2.75, 3.05) is 51.3 Å². The van der Waals surface area contributed by atoms with Crippen molar-refractivity contribution >= 4 is 41.1 Å². The van der Waals surface area contributed by atoms with Crippen molar-refractivity contribution in [2.24, 2.45) is 0 Å². The molecule has 4 aliphatic heterocycles. The van der Waals surface area contributed by atoms with Gasteiger partial charge in [-0.15, -0.1) is 0 Å². The van der Waals surface area contributed by atoms with Gasteiger partial charge in [-0.2, -0.15) is 10.2 Å². The zero-order valence-corrected chi connectivity index (χ0v) is 41.4. The van der Waals surface area contributed by atoms with Gasteiger partial charge in [0.15, 0.2) is 34.2 Å². The maximum absolute atomic E-state index is 14.2. The zero-order valence-electron chi connectivity index (χ0n) is 40.6. The number of likely N-dealkylation sites (N-methyl/N-ethyl adjacent to an activating group) is 2. The maximum atomic E-state index is 14.2. The number of aromatic nitrogens is 8. The van der Waals surface area contributed by atoms with Crippen LogP contribution in [0.15, 0.2) is 12.4 Å². The first-order valence-corrected chi connectivity index (χ1v) is 23.9. The summed E-state index contributed by atoms with van der Waals surface area (Å²) >= 11 is 5.29. The number of hydrogen-bond donors (Lipinski definition) is 4. The SMILES string of the molecule is C[C@H]1CN(C)C2(CCCC2)CN1C(=O)N1Cc2c(N)n[nH]c2C1(C)C.Cc1ncc(F)c(Cl)n1.Cc1ncc(F)c(Nc2n[nH]c3c2CN(C(=O)N2CC4(CCCC4)N(C)C[C@@H]2C)C3(C)C)n1. The Morgan fingerprint density at radius 2 is 1.16 bits per heavy atom. The molecule has 2 saturated carbocycles. The normalized spacial score (nSPS) is 23.5. The van der Waals surface area contributed by atoms with Gasteiger partial charge in [0.1, 0.15) is 11.6 Å². The fourth-order valence-electron chi connectivity index (χ4n) is 11.4. The number of nitrogens with zero attached hydrogens (tertiary/aromatic N) is 12. The molecule has 2 saturated heterocycles. The highest BCUT2D eigenvalue weighted by atomic mass is 35.5. The standard InChI is InChI=1S/C23H33FN8O.C18H30N6O.C5H4ClFN2/c1-14-11-30(5)23(8-6-7-9-23)13-31(14)21(33)32-12-16-18(22(32,3)4)28-29-19(16)27-20-17(24)10-25-15(2)26-20;1-12-9-22(4)18(7-5-6-8-18)11-23(12)16(25)24-10-13-14(17(24,2)3)20-21-15(13)19;1-3-8-2-4(7)5(6)9-3/h10,14H,6-9,11-13H2,1-5H3,(H2,25,26,27,28,29);12H,5-11H2,1-4H3,(H3,19,20,21);2H,1H3/t14-;12-;/m00./s1. The smallest absolute Gasteiger partial charge is 0.321 e. The van der Waals surface area contributed by atoms with E-state index in [4.69, 9.17) is 17.3 Å². The first-order chi connectivity index (χ1) is 31.6. The van der Waals surface area contributed by atoms with Crippen LogP contribution in [0.5, 0.6) is 0 Å². The van der Waals surface area contributed by atoms with Crippen LogP contribution in [-0.4, -0.2) is 145 Å². The highest BCUT2D eigenvalue weighted by molar-refractivity contribution is 6.29. The van der Waals surface area contributed by atoms with E-state index in [0.29, 0.717) is 36.4 Å². The Morgan fingerprint density at radius 3 is 1.64 bits per heavy atom. The van der Waals surface area contributed by atoms with Crippen molar-refractivity contribution < 1.29 is 18.4 Å². The van der Waals surface area contributed by atoms with E-state index < -0.39 is 22.7 Å². The minimum absolute atomic E-state index is 0.0477. The zero-order chi connectivity index (χ0) is 48.4. The lowest BCUT2D eigenvalue weighted by atomic mass is 9.90. The molecule has 0 radical (unpaired) electrons. The number of nitrogen functional groups attached to an aromatic ring is 1. The molecule has 0 unspecified atom stereocenters. The molecule has 67 heavy (non-hydrogen) atoms. The number of rotatable bonds is 2. The molecule has 2 aliphatic carbocycles. The predicted octanol–water partition coefficient (Wildman–Crippen LogP) is 7.20. The number of nitrogens with two attached hydrogens (primary N) is 1. The van der Waals surface area contributed by atoms with Gasteiger partial charge in [0.25, 0.3) is 0 Å². The van der Waals surface area contributed by atoms with Crippen LogP contribution in [0.1, 0.15) is 127 Å². The monoisotopic (exact) mass is 949 g/mol. The summed E-state index contributed by atoms with van der Waals surface area (Å²) in [5, 5.41) is 17.5. The van der Waals surface area contributed by atoms with E-state index in [0.717, 1.165) is 73.9 Å². The predicted molar refractivity (Wildman–Crippen MR) is 251 cm³/mol. The van der Waals surface area contributed by atoms with E-state index in [1.54, 1.807) is 13.8 Å². The average Bonchev–Trinajstić information content (AvgIpc) is 4.14. The third-order valence-corrected chi connectivity index (χ3v) is 15.9. The molecule has 4 aromatic rings. The van der Waals surface area contributed by atoms with Crippen molar-refractivity contribution in [3.63, 3.8) is 0 Å². The number of aromatic amines is 2. The third kappa shape index (κ3) is 8.77. The van der Waals surface area contributed by atoms with Gasteiger partial charge in [-0.05, 0) is 95.2 Å². The molecule has 2 atom stereocenters. The molecular formula is C46H67ClF2N16O2. The Labute approximate surface area is 396 Å². The van der Waals surface area contributed by atoms with Crippen LogP contribution in [0.3, 0.4) is 0 Å². The lowest BCUT2D eigenvalue weighted by molar-refractivity contribution is -0.00754. The number of halogens is 3. The van der Waals surface area contributed by atoms with E-state index in [-0.39, 0.29) is 46.2 Å². The molecule has 18 nitrogen and oxygen atoms in total. The van der Waals surface area contributed by atoms with Gasteiger partial charge in [0.05, 0.1) is 47.9 Å². The molecule has 8 heterocycles. The molecule has 10 rings (SSSR count). The van der Waals surface area contributed by atoms with Gasteiger partial charge in [0.2, 0.25) is 0 Å². The molecule has 4 aromatic heterocycles. The number of aryl methyl sites for hydroxylation is 2. The van der Waals surface area contributed by atoms with Crippen molar-refractivity contribution in [1.29, 1.82) is 0 Å². The van der Waals surface area contributed by atoms with Gasteiger partial charge in [-0.3, -0.25) is 20.0 Å². The first-order valence-electron chi connectivity index (χ1n) is 23.5. The number of amides is 4. The molecule has 364 valence electrons. The number of carbonyl (C=O) groups is 2.